The molecule has 284 valence electrons. The summed E-state index contributed by atoms with van der Waals surface area (Å²) in [6, 6.07) is 11.5. The topological polar surface area (TPSA) is 81.2 Å². The van der Waals surface area contributed by atoms with Gasteiger partial charge in [0, 0.05) is 74.5 Å². The van der Waals surface area contributed by atoms with Crippen molar-refractivity contribution < 1.29 is 19.2 Å². The lowest BCUT2D eigenvalue weighted by molar-refractivity contribution is 0.0576. The molecule has 7 rings (SSSR count). The number of hydrogen-bond donors (Lipinski definition) is 0. The fourth-order valence-electron chi connectivity index (χ4n) is 8.81. The molecule has 0 bridgehead atoms. The van der Waals surface area contributed by atoms with Gasteiger partial charge in [-0.2, -0.15) is 0 Å². The number of carbonyl (C=O) groups excluding carboxylic acids is 4. The smallest absolute Gasteiger partial charge is 0.261 e. The zero-order valence-electron chi connectivity index (χ0n) is 32.6. The van der Waals surface area contributed by atoms with Crippen LogP contribution in [0.2, 0.25) is 0 Å². The second-order valence-corrected chi connectivity index (χ2v) is 16.2. The van der Waals surface area contributed by atoms with Crippen LogP contribution >= 0.6 is 15.9 Å². The van der Waals surface area contributed by atoms with Crippen LogP contribution < -0.4 is 0 Å². The summed E-state index contributed by atoms with van der Waals surface area (Å²) in [5, 5.41) is 6.72. The number of unbranched alkanes of at least 4 members (excludes halogenated alkanes) is 4. The Morgan fingerprint density at radius 2 is 0.870 bits per heavy atom. The molecule has 9 heteroatoms. The molecule has 2 heterocycles. The highest BCUT2D eigenvalue weighted by molar-refractivity contribution is 9.10. The van der Waals surface area contributed by atoms with Crippen LogP contribution in [0, 0.1) is 6.92 Å². The van der Waals surface area contributed by atoms with Crippen LogP contribution in [0.15, 0.2) is 40.9 Å². The Bertz CT molecular complexity index is 2110. The fraction of sp³-hybridized carbons (Fsp3) is 0.467. The summed E-state index contributed by atoms with van der Waals surface area (Å²) in [7, 11) is 0. The largest absolute Gasteiger partial charge is 0.302 e. The van der Waals surface area contributed by atoms with E-state index in [0.717, 1.165) is 120 Å². The Balaban J connectivity index is 1.31. The molecule has 0 unspecified atom stereocenters. The first kappa shape index (κ1) is 38.4. The highest BCUT2D eigenvalue weighted by Gasteiger charge is 2.38. The molecular formula is C45H53BrN4O4. The first-order valence-corrected chi connectivity index (χ1v) is 21.0. The van der Waals surface area contributed by atoms with Crippen LogP contribution in [0.3, 0.4) is 0 Å². The van der Waals surface area contributed by atoms with Crippen molar-refractivity contribution in [1.29, 1.82) is 0 Å². The summed E-state index contributed by atoms with van der Waals surface area (Å²) in [6.07, 6.45) is 8.73. The summed E-state index contributed by atoms with van der Waals surface area (Å²) < 4.78 is 0.747. The van der Waals surface area contributed by atoms with Gasteiger partial charge in [0.15, 0.2) is 0 Å². The van der Waals surface area contributed by atoms with Gasteiger partial charge in [-0.3, -0.25) is 29.0 Å². The number of carbonyl (C=O) groups is 4. The van der Waals surface area contributed by atoms with Crippen molar-refractivity contribution in [2.24, 2.45) is 0 Å². The Morgan fingerprint density at radius 3 is 1.31 bits per heavy atom. The van der Waals surface area contributed by atoms with Crippen molar-refractivity contribution in [3.63, 3.8) is 0 Å². The molecule has 0 saturated carbocycles. The van der Waals surface area contributed by atoms with Gasteiger partial charge in [-0.1, -0.05) is 81.4 Å². The molecule has 2 aliphatic heterocycles. The summed E-state index contributed by atoms with van der Waals surface area (Å²) in [6.45, 7) is 16.6. The minimum Gasteiger partial charge on any atom is -0.302 e. The van der Waals surface area contributed by atoms with Crippen LogP contribution in [0.5, 0.6) is 0 Å². The summed E-state index contributed by atoms with van der Waals surface area (Å²) in [5.41, 5.74) is 3.06. The number of amides is 4. The maximum atomic E-state index is 14.3. The van der Waals surface area contributed by atoms with Gasteiger partial charge in [0.05, 0.1) is 0 Å². The number of imide groups is 2. The van der Waals surface area contributed by atoms with Crippen LogP contribution in [0.4, 0.5) is 0 Å². The van der Waals surface area contributed by atoms with E-state index in [1.54, 1.807) is 0 Å². The van der Waals surface area contributed by atoms with Gasteiger partial charge < -0.3 is 9.80 Å². The predicted molar refractivity (Wildman–Crippen MR) is 223 cm³/mol. The lowest BCUT2D eigenvalue weighted by Gasteiger charge is -2.32. The van der Waals surface area contributed by atoms with E-state index in [2.05, 4.69) is 53.4 Å². The van der Waals surface area contributed by atoms with Gasteiger partial charge in [-0.05, 0) is 110 Å². The maximum absolute atomic E-state index is 14.3. The van der Waals surface area contributed by atoms with Crippen molar-refractivity contribution in [1.82, 2.24) is 19.6 Å². The van der Waals surface area contributed by atoms with Crippen molar-refractivity contribution in [2.75, 3.05) is 52.4 Å². The lowest BCUT2D eigenvalue weighted by Crippen LogP contribution is -2.45. The Kier molecular flexibility index (Phi) is 11.4. The predicted octanol–water partition coefficient (Wildman–Crippen LogP) is 9.80. The number of fused-ring (bicyclic) bond motifs is 2. The third kappa shape index (κ3) is 6.50. The van der Waals surface area contributed by atoms with Crippen LogP contribution in [-0.4, -0.2) is 95.6 Å². The van der Waals surface area contributed by atoms with E-state index in [4.69, 9.17) is 0 Å². The maximum Gasteiger partial charge on any atom is 0.261 e. The van der Waals surface area contributed by atoms with Gasteiger partial charge in [0.1, 0.15) is 0 Å². The quantitative estimate of drug-likeness (QED) is 0.0500. The average molecular weight is 794 g/mol. The first-order chi connectivity index (χ1) is 26.2. The van der Waals surface area contributed by atoms with E-state index in [9.17, 15) is 19.2 Å². The van der Waals surface area contributed by atoms with Crippen LogP contribution in [0.25, 0.3) is 43.1 Å². The van der Waals surface area contributed by atoms with Crippen molar-refractivity contribution >= 4 is 82.6 Å². The molecule has 54 heavy (non-hydrogen) atoms. The van der Waals surface area contributed by atoms with E-state index >= 15 is 0 Å². The van der Waals surface area contributed by atoms with Gasteiger partial charge in [-0.15, -0.1) is 0 Å². The Labute approximate surface area is 327 Å². The molecule has 0 saturated heterocycles. The zero-order valence-corrected chi connectivity index (χ0v) is 34.2. The molecular weight excluding hydrogens is 740 g/mol. The third-order valence-corrected chi connectivity index (χ3v) is 12.4. The Morgan fingerprint density at radius 1 is 0.481 bits per heavy atom. The molecule has 0 aliphatic carbocycles. The van der Waals surface area contributed by atoms with Crippen molar-refractivity contribution in [2.45, 2.75) is 86.0 Å². The molecule has 2 aliphatic rings. The summed E-state index contributed by atoms with van der Waals surface area (Å²) >= 11 is 3.86. The molecule has 5 aromatic carbocycles. The number of hydrogen-bond acceptors (Lipinski definition) is 6. The highest BCUT2D eigenvalue weighted by atomic mass is 79.9. The number of halogens is 1. The monoisotopic (exact) mass is 792 g/mol. The standard InChI is InChI=1S/C45H53BrN4O4/c1-6-10-18-47(19-11-7-2)22-24-49-42(51)31-17-15-30-39-35(46)27-34-38-32(43(52)50(45(34)54)25-23-48(20-12-8-3)21-13-9-4)16-14-29(41(38)39)36-28(5)26-33(44(49)53)37(31)40(30)36/h14-17,26-27H,6-13,18-25H2,1-5H3. The van der Waals surface area contributed by atoms with E-state index in [1.165, 1.54) is 9.80 Å². The molecule has 0 atom stereocenters. The number of nitrogens with zero attached hydrogens (tertiary/aromatic N) is 4. The van der Waals surface area contributed by atoms with Crippen molar-refractivity contribution in [3.05, 3.63) is 68.7 Å². The third-order valence-electron chi connectivity index (χ3n) is 11.7. The van der Waals surface area contributed by atoms with Crippen LogP contribution in [-0.2, 0) is 0 Å². The zero-order chi connectivity index (χ0) is 38.3. The molecule has 5 aromatic rings. The van der Waals surface area contributed by atoms with Gasteiger partial charge >= 0.3 is 0 Å². The number of benzene rings is 5. The lowest BCUT2D eigenvalue weighted by atomic mass is 9.81. The minimum atomic E-state index is -0.269. The number of aryl methyl sites for hydroxylation is 1. The molecule has 0 radical (unpaired) electrons. The Hall–Kier alpha value is -3.92. The number of rotatable bonds is 18. The first-order valence-electron chi connectivity index (χ1n) is 20.2. The average Bonchev–Trinajstić information content (AvgIpc) is 3.17. The van der Waals surface area contributed by atoms with Gasteiger partial charge in [0.25, 0.3) is 23.6 Å². The van der Waals surface area contributed by atoms with Gasteiger partial charge in [-0.25, -0.2) is 0 Å². The molecule has 0 aromatic heterocycles. The van der Waals surface area contributed by atoms with E-state index < -0.39 is 0 Å². The molecule has 0 N–H and O–H groups in total. The molecule has 4 amide bonds. The highest BCUT2D eigenvalue weighted by Crippen LogP contribution is 2.49. The fourth-order valence-corrected chi connectivity index (χ4v) is 9.45. The van der Waals surface area contributed by atoms with Crippen LogP contribution in [0.1, 0.15) is 126 Å². The van der Waals surface area contributed by atoms with E-state index in [1.807, 2.05) is 43.3 Å². The second-order valence-electron chi connectivity index (χ2n) is 15.3. The van der Waals surface area contributed by atoms with E-state index in [0.29, 0.717) is 59.2 Å². The van der Waals surface area contributed by atoms with Gasteiger partial charge in [0.2, 0.25) is 0 Å². The summed E-state index contributed by atoms with van der Waals surface area (Å²) in [5.74, 6) is -1.03. The normalized spacial score (nSPS) is 14.6. The molecule has 8 nitrogen and oxygen atoms in total. The SMILES string of the molecule is CCCCN(CCCC)CCN1C(=O)c2ccc3c4c(Br)cc5c6c(ccc(c7c(C)cc(c2c37)C1=O)c64)C(=O)N(CCN(CCCC)CCCC)C5=O. The van der Waals surface area contributed by atoms with Crippen molar-refractivity contribution in [3.8, 4) is 0 Å². The summed E-state index contributed by atoms with van der Waals surface area (Å²) in [4.78, 5) is 64.6. The van der Waals surface area contributed by atoms with E-state index in [-0.39, 0.29) is 23.6 Å². The molecule has 0 fully saturated rings. The molecule has 0 spiro atoms. The second kappa shape index (κ2) is 16.0. The minimum absolute atomic E-state index is 0.250.